The molecule has 0 amide bonds. The van der Waals surface area contributed by atoms with E-state index < -0.39 is 20.9 Å². The van der Waals surface area contributed by atoms with Gasteiger partial charge in [-0.3, -0.25) is 0 Å². The van der Waals surface area contributed by atoms with E-state index in [2.05, 4.69) is 174 Å². The van der Waals surface area contributed by atoms with Crippen molar-refractivity contribution >= 4 is 68.2 Å². The van der Waals surface area contributed by atoms with E-state index in [0.717, 1.165) is 45.9 Å². The third kappa shape index (κ3) is 6.96. The summed E-state index contributed by atoms with van der Waals surface area (Å²) < 4.78 is 9.49. The van der Waals surface area contributed by atoms with E-state index in [4.69, 9.17) is 14.7 Å². The zero-order valence-electron chi connectivity index (χ0n) is 32.8. The number of pyridine rings is 2. The van der Waals surface area contributed by atoms with Gasteiger partial charge < -0.3 is 0 Å². The summed E-state index contributed by atoms with van der Waals surface area (Å²) in [6.07, 6.45) is 3.83. The van der Waals surface area contributed by atoms with Gasteiger partial charge >= 0.3 is 245 Å². The van der Waals surface area contributed by atoms with Crippen molar-refractivity contribution in [3.8, 4) is 11.5 Å². The summed E-state index contributed by atoms with van der Waals surface area (Å²) in [5.74, 6) is 3.47. The molecule has 54 heavy (non-hydrogen) atoms. The van der Waals surface area contributed by atoms with Gasteiger partial charge in [0.2, 0.25) is 0 Å². The van der Waals surface area contributed by atoms with Crippen LogP contribution in [0.5, 0.6) is 11.5 Å². The van der Waals surface area contributed by atoms with E-state index in [0.29, 0.717) is 6.67 Å². The molecule has 0 saturated heterocycles. The number of ether oxygens (including phenoxy) is 1. The number of fused-ring (bicyclic) bond motifs is 3. The van der Waals surface area contributed by atoms with Gasteiger partial charge in [-0.05, 0) is 34.1 Å². The fourth-order valence-corrected chi connectivity index (χ4v) is 10.0. The zero-order chi connectivity index (χ0) is 38.0. The molecule has 8 rings (SSSR count). The molecule has 0 radical (unpaired) electrons. The van der Waals surface area contributed by atoms with E-state index >= 15 is 0 Å². The van der Waals surface area contributed by atoms with Crippen LogP contribution in [0.4, 0.5) is 40.1 Å². The Labute approximate surface area is 330 Å². The molecule has 2 aliphatic rings. The summed E-state index contributed by atoms with van der Waals surface area (Å²) in [6, 6.07) is 39.4. The second-order valence-corrected chi connectivity index (χ2v) is 20.5. The Hall–Kier alpha value is -4.83. The number of para-hydroxylation sites is 1. The van der Waals surface area contributed by atoms with E-state index in [9.17, 15) is 0 Å². The van der Waals surface area contributed by atoms with Crippen LogP contribution in [-0.2, 0) is 16.2 Å². The summed E-state index contributed by atoms with van der Waals surface area (Å²) in [5, 5.41) is 0. The van der Waals surface area contributed by atoms with Crippen LogP contribution >= 0.6 is 0 Å². The first-order valence-corrected chi connectivity index (χ1v) is 21.1. The third-order valence-electron chi connectivity index (χ3n) is 10.3. The molecular formula is C47H49N5OTe. The number of aromatic nitrogens is 2. The first-order valence-electron chi connectivity index (χ1n) is 18.8. The molecule has 0 unspecified atom stereocenters. The molecule has 0 spiro atoms. The third-order valence-corrected chi connectivity index (χ3v) is 13.5. The van der Waals surface area contributed by atoms with Gasteiger partial charge in [-0.2, -0.15) is 0 Å². The molecule has 0 atom stereocenters. The SMILES string of the molecule is CC(C)(C)c1cc(N2CN(c3cccc(Oc4ccc5c(c4)N(c4cc(C(C)(C)C)ccn4)c4ccccc4[Te]5)c3)c3cccnc32)cc(C(C)(C)C)c1. The summed E-state index contributed by atoms with van der Waals surface area (Å²) in [6.45, 7) is 21.1. The van der Waals surface area contributed by atoms with Crippen LogP contribution in [0, 0.1) is 0 Å². The van der Waals surface area contributed by atoms with Crippen LogP contribution < -0.4 is 26.7 Å². The molecule has 0 saturated carbocycles. The van der Waals surface area contributed by atoms with Gasteiger partial charge in [0.1, 0.15) is 0 Å². The Bertz CT molecular complexity index is 2330. The molecule has 4 heterocycles. The predicted octanol–water partition coefficient (Wildman–Crippen LogP) is 10.8. The van der Waals surface area contributed by atoms with Crippen LogP contribution in [0.1, 0.15) is 79.0 Å². The minimum Gasteiger partial charge on any atom is -0.0561 e. The zero-order valence-corrected chi connectivity index (χ0v) is 35.1. The van der Waals surface area contributed by atoms with Crippen LogP contribution in [0.3, 0.4) is 0 Å². The maximum absolute atomic E-state index is 6.71. The predicted molar refractivity (Wildman–Crippen MR) is 226 cm³/mol. The number of nitrogens with zero attached hydrogens (tertiary/aromatic N) is 5. The van der Waals surface area contributed by atoms with E-state index in [1.165, 1.54) is 29.6 Å². The molecule has 0 aliphatic carbocycles. The number of hydrogen-bond acceptors (Lipinski definition) is 6. The van der Waals surface area contributed by atoms with Gasteiger partial charge in [-0.25, -0.2) is 0 Å². The minimum absolute atomic E-state index is 0.00870. The summed E-state index contributed by atoms with van der Waals surface area (Å²) >= 11 is -0.592. The summed E-state index contributed by atoms with van der Waals surface area (Å²) in [7, 11) is 0. The first kappa shape index (κ1) is 36.2. The average Bonchev–Trinajstić information content (AvgIpc) is 3.53. The average molecular weight is 828 g/mol. The van der Waals surface area contributed by atoms with E-state index in [1.807, 2.05) is 24.5 Å². The van der Waals surface area contributed by atoms with Crippen molar-refractivity contribution in [1.82, 2.24) is 9.97 Å². The van der Waals surface area contributed by atoms with Crippen molar-refractivity contribution in [2.45, 2.75) is 78.6 Å². The summed E-state index contributed by atoms with van der Waals surface area (Å²) in [4.78, 5) is 16.8. The number of anilines is 7. The normalized spacial score (nSPS) is 14.1. The van der Waals surface area contributed by atoms with Gasteiger partial charge in [-0.15, -0.1) is 0 Å². The molecule has 274 valence electrons. The van der Waals surface area contributed by atoms with Crippen LogP contribution in [-0.4, -0.2) is 37.6 Å². The Balaban J connectivity index is 1.13. The van der Waals surface area contributed by atoms with Gasteiger partial charge in [0.15, 0.2) is 0 Å². The van der Waals surface area contributed by atoms with Gasteiger partial charge in [-0.1, -0.05) is 47.6 Å². The van der Waals surface area contributed by atoms with Crippen molar-refractivity contribution in [2.75, 3.05) is 21.4 Å². The van der Waals surface area contributed by atoms with Gasteiger partial charge in [0.05, 0.1) is 0 Å². The number of hydrogen-bond donors (Lipinski definition) is 0. The van der Waals surface area contributed by atoms with Gasteiger partial charge in [0, 0.05) is 6.20 Å². The van der Waals surface area contributed by atoms with Crippen molar-refractivity contribution in [2.24, 2.45) is 0 Å². The van der Waals surface area contributed by atoms with Crippen LogP contribution in [0.2, 0.25) is 0 Å². The maximum atomic E-state index is 6.71. The fraction of sp³-hybridized carbons (Fsp3) is 0.277. The van der Waals surface area contributed by atoms with Crippen molar-refractivity contribution in [3.05, 3.63) is 138 Å². The second-order valence-electron chi connectivity index (χ2n) is 17.4. The van der Waals surface area contributed by atoms with Crippen molar-refractivity contribution in [3.63, 3.8) is 0 Å². The monoisotopic (exact) mass is 829 g/mol. The topological polar surface area (TPSA) is 44.7 Å². The maximum Gasteiger partial charge on any atom is -0.0131 e. The number of benzene rings is 4. The van der Waals surface area contributed by atoms with Crippen LogP contribution in [0.25, 0.3) is 0 Å². The van der Waals surface area contributed by atoms with E-state index in [1.54, 1.807) is 0 Å². The molecular weight excluding hydrogens is 778 g/mol. The molecule has 4 aromatic carbocycles. The Kier molecular flexibility index (Phi) is 9.03. The molecule has 2 aliphatic heterocycles. The second kappa shape index (κ2) is 13.5. The minimum atomic E-state index is -0.592. The standard InChI is InChI=1S/C47H49N5OTe/c1-45(2,3)31-21-23-48-43(27-31)52-38-16-10-11-18-41(38)54-42-20-19-37(29-40(42)52)53-36-15-12-14-34(28-36)50-30-51(44-39(50)17-13-22-49-44)35-25-32(46(4,5)6)24-33(26-35)47(7,8)9/h10-29H,30H2,1-9H3. The Morgan fingerprint density at radius 3 is 1.94 bits per heavy atom. The van der Waals surface area contributed by atoms with Crippen LogP contribution in [0.15, 0.2) is 122 Å². The fourth-order valence-electron chi connectivity index (χ4n) is 7.05. The first-order chi connectivity index (χ1) is 25.6. The van der Waals surface area contributed by atoms with Crippen molar-refractivity contribution < 1.29 is 4.74 Å². The van der Waals surface area contributed by atoms with Crippen molar-refractivity contribution in [1.29, 1.82) is 0 Å². The van der Waals surface area contributed by atoms with E-state index in [-0.39, 0.29) is 16.2 Å². The smallest absolute Gasteiger partial charge is 0.0131 e. The molecule has 6 nitrogen and oxygen atoms in total. The largest absolute Gasteiger partial charge is 0.0561 e. The quantitative estimate of drug-likeness (QED) is 0.161. The van der Waals surface area contributed by atoms with Gasteiger partial charge in [0.25, 0.3) is 0 Å². The molecule has 7 heteroatoms. The Morgan fingerprint density at radius 1 is 0.519 bits per heavy atom. The summed E-state index contributed by atoms with van der Waals surface area (Å²) in [5.41, 5.74) is 9.58. The Morgan fingerprint density at radius 2 is 1.20 bits per heavy atom. The molecule has 0 N–H and O–H groups in total. The molecule has 2 aromatic heterocycles. The number of rotatable bonds is 5. The molecule has 0 bridgehead atoms. The molecule has 0 fully saturated rings. The molecule has 6 aromatic rings.